The molecule has 0 fully saturated rings. The van der Waals surface area contributed by atoms with Crippen LogP contribution in [0.5, 0.6) is 0 Å². The molecule has 1 unspecified atom stereocenters. The first-order chi connectivity index (χ1) is 8.06. The van der Waals surface area contributed by atoms with Gasteiger partial charge in [0.25, 0.3) is 11.7 Å². The maximum atomic E-state index is 13.6. The third-order valence-electron chi connectivity index (χ3n) is 2.51. The van der Waals surface area contributed by atoms with E-state index in [2.05, 4.69) is 15.9 Å². The number of aliphatic hydroxyl groups is 1. The Bertz CT molecular complexity index is 492. The van der Waals surface area contributed by atoms with Crippen molar-refractivity contribution in [3.05, 3.63) is 29.6 Å². The Morgan fingerprint density at radius 1 is 1.41 bits per heavy atom. The van der Waals surface area contributed by atoms with Crippen LogP contribution in [-0.4, -0.2) is 34.8 Å². The molecule has 1 amide bonds. The smallest absolute Gasteiger partial charge is 0.299 e. The highest BCUT2D eigenvalue weighted by Gasteiger charge is 2.38. The molecule has 90 valence electrons. The molecular weight excluding hydrogens is 293 g/mol. The summed E-state index contributed by atoms with van der Waals surface area (Å²) in [5, 5.41) is 9.71. The maximum absolute atomic E-state index is 13.6. The Hall–Kier alpha value is -1.27. The highest BCUT2D eigenvalue weighted by Crippen LogP contribution is 2.31. The molecule has 17 heavy (non-hydrogen) atoms. The van der Waals surface area contributed by atoms with Crippen LogP contribution in [0.25, 0.3) is 0 Å². The van der Waals surface area contributed by atoms with Crippen molar-refractivity contribution in [1.82, 2.24) is 0 Å². The van der Waals surface area contributed by atoms with Gasteiger partial charge in [-0.05, 0) is 12.1 Å². The zero-order chi connectivity index (χ0) is 12.6. The number of para-hydroxylation sites is 1. The molecule has 6 heteroatoms. The summed E-state index contributed by atoms with van der Waals surface area (Å²) in [6.07, 6.45) is -0.850. The molecule has 1 heterocycles. The van der Waals surface area contributed by atoms with Gasteiger partial charge in [0.05, 0.1) is 23.9 Å². The van der Waals surface area contributed by atoms with Crippen molar-refractivity contribution in [2.75, 3.05) is 16.8 Å². The van der Waals surface area contributed by atoms with Gasteiger partial charge in [-0.15, -0.1) is 0 Å². The standard InChI is InChI=1S/C11H9BrFNO3/c12-4-6(15)5-14-9-7(10(16)11(14)17)2-1-3-8(9)13/h1-3,6,15H,4-5H2. The van der Waals surface area contributed by atoms with E-state index in [4.69, 9.17) is 0 Å². The Morgan fingerprint density at radius 2 is 2.12 bits per heavy atom. The molecule has 1 aromatic carbocycles. The summed E-state index contributed by atoms with van der Waals surface area (Å²) in [5.41, 5.74) is 0.0132. The summed E-state index contributed by atoms with van der Waals surface area (Å²) < 4.78 is 13.6. The summed E-state index contributed by atoms with van der Waals surface area (Å²) in [6, 6.07) is 3.96. The molecule has 0 saturated carbocycles. The molecule has 1 atom stereocenters. The summed E-state index contributed by atoms with van der Waals surface area (Å²) >= 11 is 3.05. The number of hydrogen-bond donors (Lipinski definition) is 1. The van der Waals surface area contributed by atoms with Crippen LogP contribution in [0.1, 0.15) is 10.4 Å². The lowest BCUT2D eigenvalue weighted by Gasteiger charge is -2.19. The highest BCUT2D eigenvalue weighted by molar-refractivity contribution is 9.09. The van der Waals surface area contributed by atoms with E-state index in [1.807, 2.05) is 0 Å². The Kier molecular flexibility index (Phi) is 3.26. The number of ketones is 1. The fourth-order valence-corrected chi connectivity index (χ4v) is 1.95. The van der Waals surface area contributed by atoms with E-state index in [-0.39, 0.29) is 23.1 Å². The normalized spacial score (nSPS) is 16.3. The Morgan fingerprint density at radius 3 is 2.76 bits per heavy atom. The monoisotopic (exact) mass is 301 g/mol. The van der Waals surface area contributed by atoms with Crippen LogP contribution in [0.4, 0.5) is 10.1 Å². The van der Waals surface area contributed by atoms with Crippen molar-refractivity contribution in [2.24, 2.45) is 0 Å². The van der Waals surface area contributed by atoms with Crippen LogP contribution < -0.4 is 4.90 Å². The van der Waals surface area contributed by atoms with Crippen molar-refractivity contribution >= 4 is 33.3 Å². The van der Waals surface area contributed by atoms with Gasteiger partial charge in [0.15, 0.2) is 0 Å². The third kappa shape index (κ3) is 1.98. The highest BCUT2D eigenvalue weighted by atomic mass is 79.9. The Labute approximate surface area is 105 Å². The number of halogens is 2. The van der Waals surface area contributed by atoms with Gasteiger partial charge >= 0.3 is 0 Å². The van der Waals surface area contributed by atoms with E-state index in [9.17, 15) is 19.1 Å². The van der Waals surface area contributed by atoms with Crippen LogP contribution in [0.2, 0.25) is 0 Å². The van der Waals surface area contributed by atoms with Gasteiger partial charge in [0.1, 0.15) is 5.82 Å². The van der Waals surface area contributed by atoms with Gasteiger partial charge in [0.2, 0.25) is 0 Å². The lowest BCUT2D eigenvalue weighted by atomic mass is 10.1. The van der Waals surface area contributed by atoms with E-state index >= 15 is 0 Å². The number of Topliss-reactive ketones (excluding diaryl/α,β-unsaturated/α-hetero) is 1. The average molecular weight is 302 g/mol. The van der Waals surface area contributed by atoms with Crippen LogP contribution in [0.15, 0.2) is 18.2 Å². The van der Waals surface area contributed by atoms with Gasteiger partial charge < -0.3 is 5.11 Å². The van der Waals surface area contributed by atoms with Crippen molar-refractivity contribution in [1.29, 1.82) is 0 Å². The number of aliphatic hydroxyl groups excluding tert-OH is 1. The number of amides is 1. The quantitative estimate of drug-likeness (QED) is 0.672. The molecule has 1 N–H and O–H groups in total. The van der Waals surface area contributed by atoms with Gasteiger partial charge in [0, 0.05) is 5.33 Å². The van der Waals surface area contributed by atoms with Gasteiger partial charge in [-0.1, -0.05) is 22.0 Å². The van der Waals surface area contributed by atoms with E-state index in [0.29, 0.717) is 0 Å². The topological polar surface area (TPSA) is 57.6 Å². The minimum Gasteiger partial charge on any atom is -0.390 e. The van der Waals surface area contributed by atoms with Crippen molar-refractivity contribution in [3.63, 3.8) is 0 Å². The minimum absolute atomic E-state index is 0.0394. The molecule has 0 aromatic heterocycles. The Balaban J connectivity index is 2.43. The number of fused-ring (bicyclic) bond motifs is 1. The van der Waals surface area contributed by atoms with E-state index in [1.165, 1.54) is 18.2 Å². The lowest BCUT2D eigenvalue weighted by molar-refractivity contribution is -0.114. The second kappa shape index (κ2) is 4.54. The number of nitrogens with zero attached hydrogens (tertiary/aromatic N) is 1. The molecule has 0 spiro atoms. The molecule has 0 aliphatic carbocycles. The maximum Gasteiger partial charge on any atom is 0.299 e. The molecule has 2 rings (SSSR count). The van der Waals surface area contributed by atoms with Gasteiger partial charge in [-0.3, -0.25) is 14.5 Å². The fraction of sp³-hybridized carbons (Fsp3) is 0.273. The van der Waals surface area contributed by atoms with Crippen LogP contribution in [0.3, 0.4) is 0 Å². The SMILES string of the molecule is O=C1C(=O)N(CC(O)CBr)c2c(F)cccc21. The molecule has 1 aliphatic heterocycles. The predicted molar refractivity (Wildman–Crippen MR) is 62.9 cm³/mol. The molecule has 1 aromatic rings. The predicted octanol–water partition coefficient (Wildman–Crippen LogP) is 1.11. The number of hydrogen-bond acceptors (Lipinski definition) is 3. The van der Waals surface area contributed by atoms with Crippen LogP contribution in [-0.2, 0) is 4.79 Å². The van der Waals surface area contributed by atoms with Gasteiger partial charge in [-0.2, -0.15) is 0 Å². The second-order valence-corrected chi connectivity index (χ2v) is 4.34. The van der Waals surface area contributed by atoms with Crippen molar-refractivity contribution in [2.45, 2.75) is 6.10 Å². The van der Waals surface area contributed by atoms with Crippen molar-refractivity contribution in [3.8, 4) is 0 Å². The lowest BCUT2D eigenvalue weighted by Crippen LogP contribution is -2.37. The largest absolute Gasteiger partial charge is 0.390 e. The molecule has 0 bridgehead atoms. The molecule has 4 nitrogen and oxygen atoms in total. The summed E-state index contributed by atoms with van der Waals surface area (Å²) in [6.45, 7) is -0.107. The number of benzene rings is 1. The first-order valence-electron chi connectivity index (χ1n) is 4.95. The summed E-state index contributed by atoms with van der Waals surface area (Å²) in [7, 11) is 0. The van der Waals surface area contributed by atoms with Crippen molar-refractivity contribution < 1.29 is 19.1 Å². The minimum atomic E-state index is -0.850. The second-order valence-electron chi connectivity index (χ2n) is 3.69. The van der Waals surface area contributed by atoms with Gasteiger partial charge in [-0.25, -0.2) is 4.39 Å². The zero-order valence-corrected chi connectivity index (χ0v) is 10.3. The van der Waals surface area contributed by atoms with E-state index in [0.717, 1.165) is 4.90 Å². The third-order valence-corrected chi connectivity index (χ3v) is 3.26. The number of carbonyl (C=O) groups is 2. The van der Waals surface area contributed by atoms with Crippen LogP contribution >= 0.6 is 15.9 Å². The number of carbonyl (C=O) groups excluding carboxylic acids is 2. The number of alkyl halides is 1. The average Bonchev–Trinajstić information content (AvgIpc) is 2.56. The molecule has 1 aliphatic rings. The van der Waals surface area contributed by atoms with E-state index < -0.39 is 23.6 Å². The summed E-state index contributed by atoms with van der Waals surface area (Å²) in [5.74, 6) is -2.17. The first-order valence-corrected chi connectivity index (χ1v) is 6.07. The number of rotatable bonds is 3. The zero-order valence-electron chi connectivity index (χ0n) is 8.69. The van der Waals surface area contributed by atoms with Crippen LogP contribution in [0, 0.1) is 5.82 Å². The molecule has 0 radical (unpaired) electrons. The molecular formula is C11H9BrFNO3. The van der Waals surface area contributed by atoms with E-state index in [1.54, 1.807) is 0 Å². The molecule has 0 saturated heterocycles. The summed E-state index contributed by atoms with van der Waals surface area (Å²) in [4.78, 5) is 24.2. The first kappa shape index (κ1) is 12.2. The number of β-amino-alcohol motifs (C(OH)–C–C–N with tert-alkyl or cyclic N) is 1. The number of anilines is 1. The fourth-order valence-electron chi connectivity index (χ4n) is 1.75.